The highest BCUT2D eigenvalue weighted by Crippen LogP contribution is 2.16. The Morgan fingerprint density at radius 3 is 2.72 bits per heavy atom. The van der Waals surface area contributed by atoms with Gasteiger partial charge in [-0.05, 0) is 17.7 Å². The number of rotatable bonds is 4. The summed E-state index contributed by atoms with van der Waals surface area (Å²) < 4.78 is 12.3. The molecule has 8 nitrogen and oxygen atoms in total. The standard InChI is InChI=1S/C17H19N5O3/c1-24-13-4-2-12(3-5-13)10-22-11-18-15-14(22)16(23)20-17(19-15)21-6-8-25-9-7-21/h2-5,11H,6-10H2,1H3,(H,19,20,23). The molecular weight excluding hydrogens is 322 g/mol. The number of benzene rings is 1. The minimum absolute atomic E-state index is 0.183. The minimum Gasteiger partial charge on any atom is -0.497 e. The molecule has 25 heavy (non-hydrogen) atoms. The highest BCUT2D eigenvalue weighted by molar-refractivity contribution is 5.71. The smallest absolute Gasteiger partial charge is 0.278 e. The van der Waals surface area contributed by atoms with Crippen molar-refractivity contribution in [2.75, 3.05) is 38.3 Å². The highest BCUT2D eigenvalue weighted by atomic mass is 16.5. The Bertz CT molecular complexity index is 926. The molecule has 1 aromatic carbocycles. The topological polar surface area (TPSA) is 85.3 Å². The molecule has 0 bridgehead atoms. The van der Waals surface area contributed by atoms with Crippen molar-refractivity contribution < 1.29 is 9.47 Å². The van der Waals surface area contributed by atoms with Gasteiger partial charge in [0.1, 0.15) is 5.75 Å². The molecule has 0 amide bonds. The first-order valence-electron chi connectivity index (χ1n) is 8.15. The molecule has 4 rings (SSSR count). The molecule has 8 heteroatoms. The van der Waals surface area contributed by atoms with Gasteiger partial charge in [-0.3, -0.25) is 9.78 Å². The molecule has 1 fully saturated rings. The summed E-state index contributed by atoms with van der Waals surface area (Å²) in [5.74, 6) is 1.35. The van der Waals surface area contributed by atoms with Crippen LogP contribution in [0.2, 0.25) is 0 Å². The van der Waals surface area contributed by atoms with E-state index in [0.717, 1.165) is 11.3 Å². The second kappa shape index (κ2) is 6.56. The molecule has 0 unspecified atom stereocenters. The van der Waals surface area contributed by atoms with Crippen LogP contribution in [-0.4, -0.2) is 52.9 Å². The molecule has 0 radical (unpaired) electrons. The van der Waals surface area contributed by atoms with E-state index in [2.05, 4.69) is 15.0 Å². The number of nitrogens with zero attached hydrogens (tertiary/aromatic N) is 4. The number of methoxy groups -OCH3 is 1. The highest BCUT2D eigenvalue weighted by Gasteiger charge is 2.17. The molecular formula is C17H19N5O3. The van der Waals surface area contributed by atoms with Crippen molar-refractivity contribution in [3.8, 4) is 5.75 Å². The fourth-order valence-corrected chi connectivity index (χ4v) is 2.95. The first kappa shape index (κ1) is 15.6. The van der Waals surface area contributed by atoms with Gasteiger partial charge in [-0.1, -0.05) is 12.1 Å². The minimum atomic E-state index is -0.183. The lowest BCUT2D eigenvalue weighted by atomic mass is 10.2. The molecule has 3 heterocycles. The van der Waals surface area contributed by atoms with Gasteiger partial charge in [0, 0.05) is 19.6 Å². The van der Waals surface area contributed by atoms with E-state index in [4.69, 9.17) is 9.47 Å². The van der Waals surface area contributed by atoms with Crippen LogP contribution in [0.4, 0.5) is 5.95 Å². The number of imidazole rings is 1. The fourth-order valence-electron chi connectivity index (χ4n) is 2.95. The Morgan fingerprint density at radius 1 is 1.24 bits per heavy atom. The Labute approximate surface area is 144 Å². The summed E-state index contributed by atoms with van der Waals surface area (Å²) in [6.07, 6.45) is 1.65. The van der Waals surface area contributed by atoms with E-state index in [0.29, 0.717) is 50.0 Å². The van der Waals surface area contributed by atoms with E-state index in [1.165, 1.54) is 0 Å². The number of nitrogens with one attached hydrogen (secondary N) is 1. The second-order valence-corrected chi connectivity index (χ2v) is 5.88. The zero-order chi connectivity index (χ0) is 17.2. The lowest BCUT2D eigenvalue weighted by Crippen LogP contribution is -2.38. The van der Waals surface area contributed by atoms with Crippen molar-refractivity contribution in [3.63, 3.8) is 0 Å². The SMILES string of the molecule is COc1ccc(Cn2cnc3nc(N4CCOCC4)[nH]c(=O)c32)cc1. The summed E-state index contributed by atoms with van der Waals surface area (Å²) >= 11 is 0. The molecule has 130 valence electrons. The van der Waals surface area contributed by atoms with Crippen LogP contribution in [0.5, 0.6) is 5.75 Å². The molecule has 1 saturated heterocycles. The number of aromatic amines is 1. The number of anilines is 1. The van der Waals surface area contributed by atoms with Gasteiger partial charge < -0.3 is 18.9 Å². The monoisotopic (exact) mass is 341 g/mol. The largest absolute Gasteiger partial charge is 0.497 e. The summed E-state index contributed by atoms with van der Waals surface area (Å²) in [5, 5.41) is 0. The molecule has 2 aromatic heterocycles. The molecule has 1 N–H and O–H groups in total. The van der Waals surface area contributed by atoms with Crippen molar-refractivity contribution in [1.82, 2.24) is 19.5 Å². The fraction of sp³-hybridized carbons (Fsp3) is 0.353. The molecule has 1 aliphatic heterocycles. The average molecular weight is 341 g/mol. The molecule has 0 saturated carbocycles. The summed E-state index contributed by atoms with van der Waals surface area (Å²) in [4.78, 5) is 26.3. The van der Waals surface area contributed by atoms with E-state index in [1.54, 1.807) is 13.4 Å². The number of aromatic nitrogens is 4. The van der Waals surface area contributed by atoms with Gasteiger partial charge in [0.05, 0.1) is 26.7 Å². The van der Waals surface area contributed by atoms with Gasteiger partial charge in [0.15, 0.2) is 11.2 Å². The molecule has 0 atom stereocenters. The van der Waals surface area contributed by atoms with Crippen LogP contribution < -0.4 is 15.2 Å². The van der Waals surface area contributed by atoms with E-state index in [9.17, 15) is 4.79 Å². The van der Waals surface area contributed by atoms with Crippen LogP contribution in [-0.2, 0) is 11.3 Å². The normalized spacial score (nSPS) is 14.8. The number of fused-ring (bicyclic) bond motifs is 1. The Morgan fingerprint density at radius 2 is 2.00 bits per heavy atom. The van der Waals surface area contributed by atoms with E-state index in [1.807, 2.05) is 33.7 Å². The third-order valence-electron chi connectivity index (χ3n) is 4.29. The van der Waals surface area contributed by atoms with Gasteiger partial charge in [-0.25, -0.2) is 4.98 Å². The van der Waals surface area contributed by atoms with E-state index < -0.39 is 0 Å². The maximum Gasteiger partial charge on any atom is 0.278 e. The lowest BCUT2D eigenvalue weighted by Gasteiger charge is -2.26. The quantitative estimate of drug-likeness (QED) is 0.762. The molecule has 0 aliphatic carbocycles. The third kappa shape index (κ3) is 3.08. The first-order chi connectivity index (χ1) is 12.2. The Balaban J connectivity index is 1.65. The van der Waals surface area contributed by atoms with Crippen molar-refractivity contribution in [1.29, 1.82) is 0 Å². The van der Waals surface area contributed by atoms with Crippen LogP contribution in [0.3, 0.4) is 0 Å². The van der Waals surface area contributed by atoms with E-state index in [-0.39, 0.29) is 5.56 Å². The van der Waals surface area contributed by atoms with Gasteiger partial charge >= 0.3 is 0 Å². The van der Waals surface area contributed by atoms with Crippen molar-refractivity contribution >= 4 is 17.1 Å². The Hall–Kier alpha value is -2.87. The van der Waals surface area contributed by atoms with Crippen LogP contribution in [0.1, 0.15) is 5.56 Å². The molecule has 3 aromatic rings. The predicted octanol–water partition coefficient (Wildman–Crippen LogP) is 1.01. The van der Waals surface area contributed by atoms with Gasteiger partial charge in [0.25, 0.3) is 5.56 Å². The van der Waals surface area contributed by atoms with Crippen molar-refractivity contribution in [2.45, 2.75) is 6.54 Å². The van der Waals surface area contributed by atoms with Crippen LogP contribution >= 0.6 is 0 Å². The molecule has 0 spiro atoms. The maximum absolute atomic E-state index is 12.6. The first-order valence-corrected chi connectivity index (χ1v) is 8.15. The number of morpholine rings is 1. The van der Waals surface area contributed by atoms with Gasteiger partial charge in [0.2, 0.25) is 5.95 Å². The number of hydrogen-bond donors (Lipinski definition) is 1. The van der Waals surface area contributed by atoms with Crippen LogP contribution in [0.25, 0.3) is 11.2 Å². The summed E-state index contributed by atoms with van der Waals surface area (Å²) in [7, 11) is 1.63. The van der Waals surface area contributed by atoms with Crippen molar-refractivity contribution in [2.24, 2.45) is 0 Å². The predicted molar refractivity (Wildman–Crippen MR) is 93.3 cm³/mol. The van der Waals surface area contributed by atoms with Gasteiger partial charge in [-0.15, -0.1) is 0 Å². The third-order valence-corrected chi connectivity index (χ3v) is 4.29. The van der Waals surface area contributed by atoms with Gasteiger partial charge in [-0.2, -0.15) is 4.98 Å². The maximum atomic E-state index is 12.6. The Kier molecular flexibility index (Phi) is 4.10. The summed E-state index contributed by atoms with van der Waals surface area (Å²) in [6, 6.07) is 7.73. The van der Waals surface area contributed by atoms with E-state index >= 15 is 0 Å². The summed E-state index contributed by atoms with van der Waals surface area (Å²) in [6.45, 7) is 3.23. The number of ether oxygens (including phenoxy) is 2. The zero-order valence-electron chi connectivity index (χ0n) is 13.9. The second-order valence-electron chi connectivity index (χ2n) is 5.88. The number of hydrogen-bond acceptors (Lipinski definition) is 6. The summed E-state index contributed by atoms with van der Waals surface area (Å²) in [5.41, 5.74) is 1.81. The van der Waals surface area contributed by atoms with Crippen molar-refractivity contribution in [3.05, 3.63) is 46.5 Å². The molecule has 1 aliphatic rings. The van der Waals surface area contributed by atoms with Crippen LogP contribution in [0.15, 0.2) is 35.4 Å². The average Bonchev–Trinajstić information content (AvgIpc) is 3.06. The number of H-pyrrole nitrogens is 1. The lowest BCUT2D eigenvalue weighted by molar-refractivity contribution is 0.122. The zero-order valence-corrected chi connectivity index (χ0v) is 13.9. The van der Waals surface area contributed by atoms with Crippen LogP contribution in [0, 0.1) is 0 Å².